The lowest BCUT2D eigenvalue weighted by atomic mass is 10.0. The van der Waals surface area contributed by atoms with Crippen LogP contribution in [0.1, 0.15) is 52.8 Å². The van der Waals surface area contributed by atoms with Crippen molar-refractivity contribution in [2.75, 3.05) is 24.2 Å². The number of carboxylic acids is 1. The van der Waals surface area contributed by atoms with E-state index in [4.69, 9.17) is 14.2 Å². The molecule has 0 aromatic heterocycles. The van der Waals surface area contributed by atoms with Gasteiger partial charge in [-0.05, 0) is 42.3 Å². The molecule has 1 aliphatic heterocycles. The highest BCUT2D eigenvalue weighted by atomic mass is 32.2. The number of urea groups is 1. The Morgan fingerprint density at radius 1 is 0.976 bits per heavy atom. The number of aliphatic hydroxyl groups is 1. The lowest BCUT2D eigenvalue weighted by Crippen LogP contribution is -2.34. The van der Waals surface area contributed by atoms with Crippen LogP contribution >= 0.6 is 11.8 Å². The fourth-order valence-electron chi connectivity index (χ4n) is 4.24. The molecule has 3 aromatic carbocycles. The summed E-state index contributed by atoms with van der Waals surface area (Å²) in [6.07, 6.45) is -0.710. The minimum absolute atomic E-state index is 0.0545. The van der Waals surface area contributed by atoms with Crippen molar-refractivity contribution in [1.82, 2.24) is 5.32 Å². The topological polar surface area (TPSA) is 143 Å². The number of esters is 1. The van der Waals surface area contributed by atoms with Crippen LogP contribution in [0.25, 0.3) is 0 Å². The molecule has 4 rings (SSSR count). The molecular weight excluding hydrogens is 548 g/mol. The molecule has 3 atom stereocenters. The largest absolute Gasteiger partial charge is 0.478 e. The van der Waals surface area contributed by atoms with Crippen LogP contribution in [-0.2, 0) is 25.6 Å². The first kappa shape index (κ1) is 30.1. The lowest BCUT2D eigenvalue weighted by molar-refractivity contribution is -0.245. The highest BCUT2D eigenvalue weighted by Gasteiger charge is 2.32. The number of carbonyl (C=O) groups is 3. The monoisotopic (exact) mass is 580 g/mol. The molecule has 1 heterocycles. The molecule has 1 fully saturated rings. The average molecular weight is 581 g/mol. The van der Waals surface area contributed by atoms with Crippen LogP contribution in [0.3, 0.4) is 0 Å². The molecule has 0 spiro atoms. The maximum atomic E-state index is 12.1. The van der Waals surface area contributed by atoms with Crippen LogP contribution in [0, 0.1) is 0 Å². The Kier molecular flexibility index (Phi) is 10.7. The molecule has 41 heavy (non-hydrogen) atoms. The quantitative estimate of drug-likeness (QED) is 0.184. The van der Waals surface area contributed by atoms with E-state index in [1.165, 1.54) is 11.8 Å². The Bertz CT molecular complexity index is 1330. The lowest BCUT2D eigenvalue weighted by Gasteiger charge is -2.36. The SMILES string of the molecule is CCOC(=O)CNC(=O)Nc1ccc([C@@H]2O[C@H](CSc3ccccc3C(=O)O)C[C@H](c3ccc(CO)cc3)O2)cc1. The summed E-state index contributed by atoms with van der Waals surface area (Å²) in [5, 5.41) is 24.1. The maximum Gasteiger partial charge on any atom is 0.336 e. The molecule has 1 saturated heterocycles. The molecule has 0 unspecified atom stereocenters. The average Bonchev–Trinajstić information content (AvgIpc) is 2.99. The van der Waals surface area contributed by atoms with E-state index in [2.05, 4.69) is 10.6 Å². The summed E-state index contributed by atoms with van der Waals surface area (Å²) in [7, 11) is 0. The third kappa shape index (κ3) is 8.54. The van der Waals surface area contributed by atoms with Crippen molar-refractivity contribution in [1.29, 1.82) is 0 Å². The van der Waals surface area contributed by atoms with E-state index in [1.807, 2.05) is 24.3 Å². The van der Waals surface area contributed by atoms with Crippen molar-refractivity contribution in [2.45, 2.75) is 43.3 Å². The summed E-state index contributed by atoms with van der Waals surface area (Å²) in [6, 6.07) is 20.9. The van der Waals surface area contributed by atoms with Crippen LogP contribution in [-0.4, -0.2) is 53.2 Å². The Morgan fingerprint density at radius 2 is 1.68 bits per heavy atom. The van der Waals surface area contributed by atoms with E-state index < -0.39 is 24.3 Å². The first-order valence-corrected chi connectivity index (χ1v) is 14.1. The number of benzene rings is 3. The predicted molar refractivity (Wildman–Crippen MR) is 153 cm³/mol. The van der Waals surface area contributed by atoms with Crippen molar-refractivity contribution in [3.8, 4) is 0 Å². The molecule has 0 bridgehead atoms. The van der Waals surface area contributed by atoms with Gasteiger partial charge in [0, 0.05) is 28.3 Å². The molecule has 4 N–H and O–H groups in total. The summed E-state index contributed by atoms with van der Waals surface area (Å²) >= 11 is 1.42. The van der Waals surface area contributed by atoms with Gasteiger partial charge in [-0.3, -0.25) is 4.79 Å². The number of anilines is 1. The Morgan fingerprint density at radius 3 is 2.37 bits per heavy atom. The Labute approximate surface area is 242 Å². The molecule has 0 aliphatic carbocycles. The minimum Gasteiger partial charge on any atom is -0.478 e. The van der Waals surface area contributed by atoms with Gasteiger partial charge in [0.05, 0.1) is 31.0 Å². The van der Waals surface area contributed by atoms with Crippen LogP contribution < -0.4 is 10.6 Å². The van der Waals surface area contributed by atoms with Crippen molar-refractivity contribution in [3.05, 3.63) is 95.1 Å². The number of thioether (sulfide) groups is 1. The molecule has 3 aromatic rings. The van der Waals surface area contributed by atoms with Crippen molar-refractivity contribution in [3.63, 3.8) is 0 Å². The number of nitrogens with one attached hydrogen (secondary N) is 2. The number of aliphatic hydroxyl groups excluding tert-OH is 1. The number of ether oxygens (including phenoxy) is 3. The number of rotatable bonds is 11. The number of carbonyl (C=O) groups excluding carboxylic acids is 2. The second-order valence-electron chi connectivity index (χ2n) is 9.20. The summed E-state index contributed by atoms with van der Waals surface area (Å²) in [4.78, 5) is 35.9. The number of aromatic carboxylic acids is 1. The van der Waals surface area contributed by atoms with E-state index in [-0.39, 0.29) is 37.5 Å². The van der Waals surface area contributed by atoms with Gasteiger partial charge >= 0.3 is 18.0 Å². The second-order valence-corrected chi connectivity index (χ2v) is 10.3. The standard InChI is InChI=1S/C30H32N2O8S/c1-2-38-27(34)16-31-30(37)32-22-13-11-21(12-14-22)29-39-23(18-41-26-6-4-3-5-24(26)28(35)36)15-25(40-29)20-9-7-19(17-33)8-10-20/h3-14,23,25,29,33H,2,15-18H2,1H3,(H,35,36)(H2,31,32,37)/t23-,25+,29+/m0/s1. The van der Waals surface area contributed by atoms with Crippen LogP contribution in [0.2, 0.25) is 0 Å². The predicted octanol–water partition coefficient (Wildman–Crippen LogP) is 4.90. The van der Waals surface area contributed by atoms with Crippen LogP contribution in [0.4, 0.5) is 10.5 Å². The molecule has 0 radical (unpaired) electrons. The molecular formula is C30H32N2O8S. The fourth-order valence-corrected chi connectivity index (χ4v) is 5.30. The van der Waals surface area contributed by atoms with Crippen molar-refractivity contribution >= 4 is 35.4 Å². The van der Waals surface area contributed by atoms with Crippen LogP contribution in [0.5, 0.6) is 0 Å². The Hall–Kier alpha value is -3.90. The van der Waals surface area contributed by atoms with Gasteiger partial charge < -0.3 is 35.1 Å². The molecule has 11 heteroatoms. The van der Waals surface area contributed by atoms with Gasteiger partial charge in [0.1, 0.15) is 6.54 Å². The zero-order valence-corrected chi connectivity index (χ0v) is 23.3. The molecule has 216 valence electrons. The summed E-state index contributed by atoms with van der Waals surface area (Å²) < 4.78 is 17.5. The number of amides is 2. The summed E-state index contributed by atoms with van der Waals surface area (Å²) in [5.41, 5.74) is 3.23. The maximum absolute atomic E-state index is 12.1. The number of hydrogen-bond acceptors (Lipinski definition) is 8. The molecule has 2 amide bonds. The van der Waals surface area contributed by atoms with Gasteiger partial charge in [-0.2, -0.15) is 0 Å². The van der Waals surface area contributed by atoms with E-state index >= 15 is 0 Å². The van der Waals surface area contributed by atoms with E-state index in [9.17, 15) is 24.6 Å². The van der Waals surface area contributed by atoms with Gasteiger partial charge in [0.2, 0.25) is 0 Å². The summed E-state index contributed by atoms with van der Waals surface area (Å²) in [6.45, 7) is 1.63. The first-order valence-electron chi connectivity index (χ1n) is 13.1. The van der Waals surface area contributed by atoms with Crippen molar-refractivity contribution < 1.29 is 38.8 Å². The molecule has 1 aliphatic rings. The normalized spacial score (nSPS) is 18.3. The Balaban J connectivity index is 1.46. The highest BCUT2D eigenvalue weighted by Crippen LogP contribution is 2.40. The van der Waals surface area contributed by atoms with Crippen molar-refractivity contribution in [2.24, 2.45) is 0 Å². The van der Waals surface area contributed by atoms with E-state index in [0.717, 1.165) is 16.7 Å². The van der Waals surface area contributed by atoms with Gasteiger partial charge in [0.15, 0.2) is 6.29 Å². The van der Waals surface area contributed by atoms with E-state index in [0.29, 0.717) is 22.8 Å². The summed E-state index contributed by atoms with van der Waals surface area (Å²) in [5.74, 6) is -0.997. The van der Waals surface area contributed by atoms with Crippen LogP contribution in [0.15, 0.2) is 77.7 Å². The first-order chi connectivity index (χ1) is 19.9. The molecule has 10 nitrogen and oxygen atoms in total. The number of carboxylic acid groups (broad SMARTS) is 1. The van der Waals surface area contributed by atoms with Gasteiger partial charge in [-0.25, -0.2) is 9.59 Å². The zero-order chi connectivity index (χ0) is 29.2. The van der Waals surface area contributed by atoms with Gasteiger partial charge in [-0.15, -0.1) is 11.8 Å². The van der Waals surface area contributed by atoms with Gasteiger partial charge in [0.25, 0.3) is 0 Å². The second kappa shape index (κ2) is 14.6. The third-order valence-electron chi connectivity index (χ3n) is 6.30. The number of hydrogen-bond donors (Lipinski definition) is 4. The fraction of sp³-hybridized carbons (Fsp3) is 0.300. The third-order valence-corrected chi connectivity index (χ3v) is 7.50. The van der Waals surface area contributed by atoms with Gasteiger partial charge in [-0.1, -0.05) is 48.5 Å². The zero-order valence-electron chi connectivity index (χ0n) is 22.4. The molecule has 0 saturated carbocycles. The smallest absolute Gasteiger partial charge is 0.336 e. The van der Waals surface area contributed by atoms with E-state index in [1.54, 1.807) is 55.5 Å². The minimum atomic E-state index is -0.982. The highest BCUT2D eigenvalue weighted by molar-refractivity contribution is 7.99.